The molecule has 8 nitrogen and oxygen atoms in total. The molecule has 248 valence electrons. The number of rotatable bonds is 13. The number of aliphatic hydroxyl groups is 1. The predicted molar refractivity (Wildman–Crippen MR) is 129 cm³/mol. The number of carbonyl (C=O) groups is 2. The molecule has 2 atom stereocenters. The highest BCUT2D eigenvalue weighted by Crippen LogP contribution is 2.48. The SMILES string of the molecule is CCC(C)(CC(C)(C)C(=O)OCCNS(=O)(=O)C(F)(F)F)C(=O)OC(CC(O)(C(F)(F)F)C(F)(F)F)C1CCCCC1. The Kier molecular flexibility index (Phi) is 12.2. The zero-order valence-corrected chi connectivity index (χ0v) is 24.2. The summed E-state index contributed by atoms with van der Waals surface area (Å²) in [6, 6.07) is 0. The highest BCUT2D eigenvalue weighted by Gasteiger charge is 2.71. The summed E-state index contributed by atoms with van der Waals surface area (Å²) in [5.41, 5.74) is -14.0. The number of ether oxygens (including phenoxy) is 2. The number of alkyl halides is 9. The number of hydrogen-bond acceptors (Lipinski definition) is 7. The minimum Gasteiger partial charge on any atom is -0.464 e. The Morgan fingerprint density at radius 1 is 0.905 bits per heavy atom. The van der Waals surface area contributed by atoms with Crippen molar-refractivity contribution in [1.82, 2.24) is 4.72 Å². The lowest BCUT2D eigenvalue weighted by atomic mass is 9.72. The Morgan fingerprint density at radius 3 is 1.83 bits per heavy atom. The zero-order chi connectivity index (χ0) is 33.0. The summed E-state index contributed by atoms with van der Waals surface area (Å²) in [6.07, 6.45) is -14.8. The number of esters is 2. The van der Waals surface area contributed by atoms with Gasteiger partial charge in [0.1, 0.15) is 12.7 Å². The van der Waals surface area contributed by atoms with E-state index >= 15 is 0 Å². The van der Waals surface area contributed by atoms with E-state index in [9.17, 15) is 62.6 Å². The third-order valence-electron chi connectivity index (χ3n) is 7.46. The van der Waals surface area contributed by atoms with Crippen LogP contribution in [0.25, 0.3) is 0 Å². The first kappa shape index (κ1) is 38.2. The standard InChI is InChI=1S/C24H36F9NO7S/c1-5-20(4,14-19(2,3)17(35)40-12-11-34-42(38,39)24(31,32)33)18(36)41-16(15-9-7-6-8-10-15)13-21(37,22(25,26)27)23(28,29)30/h15-16,34,37H,5-14H2,1-4H3. The highest BCUT2D eigenvalue weighted by molar-refractivity contribution is 7.90. The molecular formula is C24H36F9NO7S. The molecule has 0 amide bonds. The molecule has 0 heterocycles. The number of nitrogens with one attached hydrogen (secondary N) is 1. The van der Waals surface area contributed by atoms with Gasteiger partial charge in [-0.15, -0.1) is 0 Å². The van der Waals surface area contributed by atoms with Crippen molar-refractivity contribution in [1.29, 1.82) is 0 Å². The minimum atomic E-state index is -6.13. The van der Waals surface area contributed by atoms with Crippen LogP contribution in [0.5, 0.6) is 0 Å². The molecule has 1 aliphatic rings. The van der Waals surface area contributed by atoms with Gasteiger partial charge >= 0.3 is 39.8 Å². The molecule has 18 heteroatoms. The second-order valence-electron chi connectivity index (χ2n) is 11.4. The number of sulfonamides is 1. The average molecular weight is 654 g/mol. The van der Waals surface area contributed by atoms with Crippen LogP contribution >= 0.6 is 0 Å². The van der Waals surface area contributed by atoms with Gasteiger partial charge in [-0.25, -0.2) is 13.1 Å². The monoisotopic (exact) mass is 653 g/mol. The van der Waals surface area contributed by atoms with E-state index in [2.05, 4.69) is 0 Å². The Morgan fingerprint density at radius 2 is 1.40 bits per heavy atom. The molecule has 1 saturated carbocycles. The maximum absolute atomic E-state index is 13.5. The van der Waals surface area contributed by atoms with E-state index in [1.54, 1.807) is 0 Å². The van der Waals surface area contributed by atoms with Crippen molar-refractivity contribution in [2.45, 2.75) is 109 Å². The van der Waals surface area contributed by atoms with Crippen LogP contribution in [0.3, 0.4) is 0 Å². The van der Waals surface area contributed by atoms with Crippen LogP contribution in [-0.2, 0) is 29.1 Å². The van der Waals surface area contributed by atoms with Crippen LogP contribution in [0.2, 0.25) is 0 Å². The number of hydrogen-bond donors (Lipinski definition) is 2. The van der Waals surface area contributed by atoms with Crippen LogP contribution in [-0.4, -0.2) is 68.2 Å². The second kappa shape index (κ2) is 13.4. The first-order valence-corrected chi connectivity index (χ1v) is 14.5. The lowest BCUT2D eigenvalue weighted by Gasteiger charge is -2.40. The molecule has 0 aromatic heterocycles. The van der Waals surface area contributed by atoms with E-state index in [0.717, 1.165) is 0 Å². The maximum Gasteiger partial charge on any atom is 0.511 e. The molecule has 0 bridgehead atoms. The van der Waals surface area contributed by atoms with Gasteiger partial charge in [-0.3, -0.25) is 9.59 Å². The first-order valence-electron chi connectivity index (χ1n) is 13.0. The highest BCUT2D eigenvalue weighted by atomic mass is 32.2. The molecule has 42 heavy (non-hydrogen) atoms. The Bertz CT molecular complexity index is 1020. The summed E-state index contributed by atoms with van der Waals surface area (Å²) in [6.45, 7) is 3.50. The topological polar surface area (TPSA) is 119 Å². The second-order valence-corrected chi connectivity index (χ2v) is 13.1. The molecule has 2 N–H and O–H groups in total. The van der Waals surface area contributed by atoms with Crippen LogP contribution < -0.4 is 4.72 Å². The Hall–Kier alpha value is -1.82. The molecule has 0 spiro atoms. The van der Waals surface area contributed by atoms with Gasteiger partial charge in [0.2, 0.25) is 0 Å². The summed E-state index contributed by atoms with van der Waals surface area (Å²) in [5.74, 6) is -3.20. The average Bonchev–Trinajstić information content (AvgIpc) is 2.84. The summed E-state index contributed by atoms with van der Waals surface area (Å²) in [5, 5.41) is 9.81. The van der Waals surface area contributed by atoms with E-state index in [4.69, 9.17) is 9.47 Å². The van der Waals surface area contributed by atoms with Gasteiger partial charge in [0.05, 0.1) is 10.8 Å². The molecular weight excluding hydrogens is 617 g/mol. The lowest BCUT2D eigenvalue weighted by Crippen LogP contribution is -2.59. The van der Waals surface area contributed by atoms with Gasteiger partial charge < -0.3 is 14.6 Å². The van der Waals surface area contributed by atoms with Gasteiger partial charge in [-0.1, -0.05) is 26.2 Å². The Labute approximate surface area is 237 Å². The van der Waals surface area contributed by atoms with E-state index in [-0.39, 0.29) is 19.3 Å². The van der Waals surface area contributed by atoms with Gasteiger partial charge in [0.25, 0.3) is 5.60 Å². The molecule has 1 aliphatic carbocycles. The van der Waals surface area contributed by atoms with Crippen molar-refractivity contribution in [3.05, 3.63) is 0 Å². The van der Waals surface area contributed by atoms with Gasteiger partial charge in [-0.05, 0) is 52.4 Å². The normalized spacial score (nSPS) is 18.7. The molecule has 0 aromatic rings. The molecule has 0 aromatic carbocycles. The summed E-state index contributed by atoms with van der Waals surface area (Å²) in [7, 11) is -5.69. The maximum atomic E-state index is 13.5. The smallest absolute Gasteiger partial charge is 0.464 e. The fourth-order valence-electron chi connectivity index (χ4n) is 4.76. The van der Waals surface area contributed by atoms with Crippen LogP contribution in [0.4, 0.5) is 39.5 Å². The van der Waals surface area contributed by atoms with Gasteiger partial charge in [-0.2, -0.15) is 39.5 Å². The van der Waals surface area contributed by atoms with E-state index in [1.165, 1.54) is 32.4 Å². The summed E-state index contributed by atoms with van der Waals surface area (Å²) >= 11 is 0. The van der Waals surface area contributed by atoms with Crippen molar-refractivity contribution in [3.63, 3.8) is 0 Å². The molecule has 0 radical (unpaired) electrons. The van der Waals surface area contributed by atoms with Crippen molar-refractivity contribution in [3.8, 4) is 0 Å². The van der Waals surface area contributed by atoms with Gasteiger partial charge in [0, 0.05) is 13.0 Å². The fourth-order valence-corrected chi connectivity index (χ4v) is 5.28. The fraction of sp³-hybridized carbons (Fsp3) is 0.917. The largest absolute Gasteiger partial charge is 0.511 e. The number of halogens is 9. The Balaban J connectivity index is 3.11. The van der Waals surface area contributed by atoms with Crippen molar-refractivity contribution >= 4 is 22.0 Å². The third-order valence-corrected chi connectivity index (χ3v) is 8.65. The molecule has 2 unspecified atom stereocenters. The molecule has 0 aliphatic heterocycles. The van der Waals surface area contributed by atoms with Crippen LogP contribution in [0.1, 0.15) is 79.1 Å². The predicted octanol–water partition coefficient (Wildman–Crippen LogP) is 5.54. The lowest BCUT2D eigenvalue weighted by molar-refractivity contribution is -0.375. The quantitative estimate of drug-likeness (QED) is 0.152. The summed E-state index contributed by atoms with van der Waals surface area (Å²) in [4.78, 5) is 25.9. The minimum absolute atomic E-state index is 0.103. The summed E-state index contributed by atoms with van der Waals surface area (Å²) < 4.78 is 151. The van der Waals surface area contributed by atoms with E-state index in [0.29, 0.717) is 19.3 Å². The third kappa shape index (κ3) is 9.34. The molecule has 1 rings (SSSR count). The van der Waals surface area contributed by atoms with Crippen LogP contribution in [0, 0.1) is 16.7 Å². The van der Waals surface area contributed by atoms with E-state index < -0.39 is 94.3 Å². The van der Waals surface area contributed by atoms with Crippen molar-refractivity contribution < 1.29 is 72.1 Å². The van der Waals surface area contributed by atoms with Crippen molar-refractivity contribution in [2.75, 3.05) is 13.2 Å². The van der Waals surface area contributed by atoms with Crippen molar-refractivity contribution in [2.24, 2.45) is 16.7 Å². The molecule has 0 saturated heterocycles. The van der Waals surface area contributed by atoms with E-state index in [1.807, 2.05) is 0 Å². The number of carbonyl (C=O) groups excluding carboxylic acids is 2. The first-order chi connectivity index (χ1) is 18.7. The zero-order valence-electron chi connectivity index (χ0n) is 23.4. The van der Waals surface area contributed by atoms with Gasteiger partial charge in [0.15, 0.2) is 0 Å². The van der Waals surface area contributed by atoms with Crippen LogP contribution in [0.15, 0.2) is 0 Å². The molecule has 1 fully saturated rings.